The highest BCUT2D eigenvalue weighted by Gasteiger charge is 2.27. The van der Waals surface area contributed by atoms with Gasteiger partial charge in [-0.05, 0) is 12.1 Å². The first-order valence-corrected chi connectivity index (χ1v) is 7.35. The number of carbonyl (C=O) groups is 2. The first-order chi connectivity index (χ1) is 13.3. The van der Waals surface area contributed by atoms with Crippen molar-refractivity contribution in [2.75, 3.05) is 18.5 Å². The van der Waals surface area contributed by atoms with E-state index in [0.29, 0.717) is 0 Å². The highest BCUT2D eigenvalue weighted by atomic mass is 19.2. The Kier molecular flexibility index (Phi) is 6.49. The monoisotopic (exact) mass is 400 g/mol. The Hall–Kier alpha value is -3.68. The number of para-hydroxylation sites is 1. The third-order valence-corrected chi connectivity index (χ3v) is 3.19. The number of rotatable bonds is 6. The number of esters is 1. The van der Waals surface area contributed by atoms with Gasteiger partial charge in [0.25, 0.3) is 5.91 Å². The Bertz CT molecular complexity index is 946. The van der Waals surface area contributed by atoms with E-state index in [-0.39, 0.29) is 11.3 Å². The lowest BCUT2D eigenvalue weighted by atomic mass is 10.2. The number of amides is 1. The fraction of sp³-hybridized carbons (Fsp3) is 0.118. The summed E-state index contributed by atoms with van der Waals surface area (Å²) in [6.45, 7) is -1.78. The lowest BCUT2D eigenvalue weighted by Crippen LogP contribution is -2.25. The average molecular weight is 400 g/mol. The topological polar surface area (TPSA) is 88.4 Å². The standard InChI is InChI=1S/C17H9F5N2O4/c18-12-13(19)15(21)17(16(22)14(12)20)24-10(25)6-28-11(26)7-27-9-4-2-1-3-8(9)5-23/h1-4H,6-7H2,(H,24,25). The van der Waals surface area contributed by atoms with Crippen LogP contribution in [0, 0.1) is 40.4 Å². The summed E-state index contributed by atoms with van der Waals surface area (Å²) in [5, 5.41) is 10.3. The van der Waals surface area contributed by atoms with Crippen LogP contribution in [0.15, 0.2) is 24.3 Å². The number of hydrogen-bond donors (Lipinski definition) is 1. The molecule has 2 rings (SSSR count). The van der Waals surface area contributed by atoms with Crippen molar-refractivity contribution in [3.63, 3.8) is 0 Å². The van der Waals surface area contributed by atoms with Crippen molar-refractivity contribution in [3.8, 4) is 11.8 Å². The number of ether oxygens (including phenoxy) is 2. The molecular weight excluding hydrogens is 391 g/mol. The van der Waals surface area contributed by atoms with Crippen LogP contribution in [0.2, 0.25) is 0 Å². The van der Waals surface area contributed by atoms with Gasteiger partial charge < -0.3 is 14.8 Å². The second-order valence-electron chi connectivity index (χ2n) is 5.05. The zero-order valence-electron chi connectivity index (χ0n) is 13.7. The molecule has 0 saturated heterocycles. The van der Waals surface area contributed by atoms with Gasteiger partial charge in [0.2, 0.25) is 5.82 Å². The summed E-state index contributed by atoms with van der Waals surface area (Å²) in [6, 6.07) is 7.76. The van der Waals surface area contributed by atoms with Gasteiger partial charge in [0, 0.05) is 0 Å². The molecule has 2 aromatic carbocycles. The van der Waals surface area contributed by atoms with E-state index in [2.05, 4.69) is 4.74 Å². The van der Waals surface area contributed by atoms with Crippen LogP contribution in [0.25, 0.3) is 0 Å². The van der Waals surface area contributed by atoms with Crippen LogP contribution in [-0.2, 0) is 14.3 Å². The van der Waals surface area contributed by atoms with Gasteiger partial charge in [-0.3, -0.25) is 4.79 Å². The van der Waals surface area contributed by atoms with E-state index in [1.807, 2.05) is 6.07 Å². The minimum Gasteiger partial charge on any atom is -0.481 e. The summed E-state index contributed by atoms with van der Waals surface area (Å²) in [5.74, 6) is -13.7. The molecule has 11 heteroatoms. The van der Waals surface area contributed by atoms with Crippen LogP contribution in [0.3, 0.4) is 0 Å². The third-order valence-electron chi connectivity index (χ3n) is 3.19. The van der Waals surface area contributed by atoms with Gasteiger partial charge in [-0.25, -0.2) is 26.7 Å². The first kappa shape index (κ1) is 20.6. The van der Waals surface area contributed by atoms with Crippen molar-refractivity contribution in [3.05, 3.63) is 58.9 Å². The highest BCUT2D eigenvalue weighted by Crippen LogP contribution is 2.27. The number of nitriles is 1. The molecule has 0 atom stereocenters. The number of hydrogen-bond acceptors (Lipinski definition) is 5. The first-order valence-electron chi connectivity index (χ1n) is 7.35. The fourth-order valence-electron chi connectivity index (χ4n) is 1.90. The average Bonchev–Trinajstić information content (AvgIpc) is 2.71. The fourth-order valence-corrected chi connectivity index (χ4v) is 1.90. The summed E-state index contributed by atoms with van der Waals surface area (Å²) in [5.41, 5.74) is -1.43. The van der Waals surface area contributed by atoms with E-state index in [4.69, 9.17) is 10.00 Å². The lowest BCUT2D eigenvalue weighted by molar-refractivity contribution is -0.149. The number of nitrogens with one attached hydrogen (secondary N) is 1. The number of anilines is 1. The van der Waals surface area contributed by atoms with E-state index < -0.39 is 59.9 Å². The van der Waals surface area contributed by atoms with Crippen molar-refractivity contribution in [1.29, 1.82) is 5.26 Å². The predicted octanol–water partition coefficient (Wildman–Crippen LogP) is 2.81. The van der Waals surface area contributed by atoms with Crippen LogP contribution in [-0.4, -0.2) is 25.1 Å². The van der Waals surface area contributed by atoms with E-state index in [9.17, 15) is 31.5 Å². The molecule has 0 aliphatic rings. The smallest absolute Gasteiger partial charge is 0.344 e. The molecule has 0 heterocycles. The van der Waals surface area contributed by atoms with Crippen molar-refractivity contribution in [2.24, 2.45) is 0 Å². The molecule has 146 valence electrons. The maximum Gasteiger partial charge on any atom is 0.344 e. The second-order valence-corrected chi connectivity index (χ2v) is 5.05. The van der Waals surface area contributed by atoms with Crippen LogP contribution in [0.5, 0.6) is 5.75 Å². The van der Waals surface area contributed by atoms with E-state index >= 15 is 0 Å². The summed E-state index contributed by atoms with van der Waals surface area (Å²) in [4.78, 5) is 23.1. The van der Waals surface area contributed by atoms with Crippen molar-refractivity contribution >= 4 is 17.6 Å². The van der Waals surface area contributed by atoms with Gasteiger partial charge in [-0.15, -0.1) is 0 Å². The molecule has 0 bridgehead atoms. The summed E-state index contributed by atoms with van der Waals surface area (Å²) < 4.78 is 75.4. The highest BCUT2D eigenvalue weighted by molar-refractivity contribution is 5.93. The predicted molar refractivity (Wildman–Crippen MR) is 82.5 cm³/mol. The zero-order chi connectivity index (χ0) is 20.8. The molecule has 0 spiro atoms. The van der Waals surface area contributed by atoms with Crippen LogP contribution in [0.1, 0.15) is 5.56 Å². The zero-order valence-corrected chi connectivity index (χ0v) is 13.7. The Morgan fingerprint density at radius 3 is 2.11 bits per heavy atom. The molecule has 0 unspecified atom stereocenters. The Morgan fingerprint density at radius 1 is 0.929 bits per heavy atom. The van der Waals surface area contributed by atoms with E-state index in [1.165, 1.54) is 17.4 Å². The maximum atomic E-state index is 13.5. The van der Waals surface area contributed by atoms with Gasteiger partial charge in [0.15, 0.2) is 36.5 Å². The summed E-state index contributed by atoms with van der Waals surface area (Å²) in [7, 11) is 0. The minimum absolute atomic E-state index is 0.0767. The Morgan fingerprint density at radius 2 is 1.50 bits per heavy atom. The molecule has 1 amide bonds. The molecule has 0 aliphatic carbocycles. The molecule has 0 aromatic heterocycles. The number of benzene rings is 2. The van der Waals surface area contributed by atoms with Crippen LogP contribution < -0.4 is 10.1 Å². The number of halogens is 5. The van der Waals surface area contributed by atoms with Crippen LogP contribution in [0.4, 0.5) is 27.6 Å². The molecule has 6 nitrogen and oxygen atoms in total. The molecule has 0 saturated carbocycles. The van der Waals surface area contributed by atoms with Gasteiger partial charge in [-0.1, -0.05) is 12.1 Å². The van der Waals surface area contributed by atoms with E-state index in [1.54, 1.807) is 12.1 Å². The molecule has 0 aliphatic heterocycles. The maximum absolute atomic E-state index is 13.5. The number of nitrogens with zero attached hydrogens (tertiary/aromatic N) is 1. The molecule has 2 aromatic rings. The molecule has 28 heavy (non-hydrogen) atoms. The Labute approximate surface area is 154 Å². The molecular formula is C17H9F5N2O4. The molecule has 1 N–H and O–H groups in total. The quantitative estimate of drug-likeness (QED) is 0.349. The summed E-state index contributed by atoms with van der Waals surface area (Å²) >= 11 is 0. The second kappa shape index (κ2) is 8.81. The normalized spacial score (nSPS) is 10.1. The van der Waals surface area contributed by atoms with E-state index in [0.717, 1.165) is 0 Å². The van der Waals surface area contributed by atoms with Gasteiger partial charge >= 0.3 is 5.97 Å². The SMILES string of the molecule is N#Cc1ccccc1OCC(=O)OCC(=O)Nc1c(F)c(F)c(F)c(F)c1F. The van der Waals surface area contributed by atoms with Gasteiger partial charge in [0.1, 0.15) is 17.5 Å². The molecule has 0 radical (unpaired) electrons. The van der Waals surface area contributed by atoms with Crippen molar-refractivity contribution in [1.82, 2.24) is 0 Å². The molecule has 0 fully saturated rings. The number of carbonyl (C=O) groups excluding carboxylic acids is 2. The van der Waals surface area contributed by atoms with Crippen LogP contribution >= 0.6 is 0 Å². The largest absolute Gasteiger partial charge is 0.481 e. The lowest BCUT2D eigenvalue weighted by Gasteiger charge is -2.10. The Balaban J connectivity index is 1.93. The van der Waals surface area contributed by atoms with Gasteiger partial charge in [0.05, 0.1) is 5.56 Å². The van der Waals surface area contributed by atoms with Gasteiger partial charge in [-0.2, -0.15) is 5.26 Å². The minimum atomic E-state index is -2.38. The van der Waals surface area contributed by atoms with Crippen molar-refractivity contribution < 1.29 is 41.0 Å². The van der Waals surface area contributed by atoms with Crippen molar-refractivity contribution in [2.45, 2.75) is 0 Å². The third kappa shape index (κ3) is 4.53. The summed E-state index contributed by atoms with van der Waals surface area (Å²) in [6.07, 6.45) is 0.